The van der Waals surface area contributed by atoms with Crippen LogP contribution in [0.3, 0.4) is 0 Å². The molecule has 2 aromatic rings. The number of H-pyrrole nitrogens is 1. The topological polar surface area (TPSA) is 89.5 Å². The highest BCUT2D eigenvalue weighted by Crippen LogP contribution is 1.66. The summed E-state index contributed by atoms with van der Waals surface area (Å²) in [5.74, 6) is 0. The van der Waals surface area contributed by atoms with E-state index < -0.39 is 0 Å². The Bertz CT molecular complexity index is 198. The Labute approximate surface area is 70.5 Å². The summed E-state index contributed by atoms with van der Waals surface area (Å²) in [7, 11) is 0. The van der Waals surface area contributed by atoms with E-state index in [4.69, 9.17) is 0 Å². The molecule has 64 valence electrons. The molecule has 2 aromatic heterocycles. The number of aromatic nitrogens is 4. The van der Waals surface area contributed by atoms with Crippen molar-refractivity contribution in [3.8, 4) is 0 Å². The van der Waals surface area contributed by atoms with Crippen LogP contribution in [0.15, 0.2) is 43.5 Å². The fourth-order valence-electron chi connectivity index (χ4n) is 0.469. The molecule has 0 atom stereocenters. The summed E-state index contributed by atoms with van der Waals surface area (Å²) in [6, 6.07) is 1.78. The molecule has 5 heteroatoms. The molecule has 0 radical (unpaired) electrons. The third-order valence-corrected chi connectivity index (χ3v) is 0.883. The van der Waals surface area contributed by atoms with Crippen LogP contribution in [0, 0.1) is 0 Å². The summed E-state index contributed by atoms with van der Waals surface area (Å²) in [4.78, 5) is 13.8. The van der Waals surface area contributed by atoms with Gasteiger partial charge in [0, 0.05) is 24.8 Å². The smallest absolute Gasteiger partial charge is 0.115 e. The highest BCUT2D eigenvalue weighted by molar-refractivity contribution is 4.74. The van der Waals surface area contributed by atoms with E-state index in [9.17, 15) is 0 Å². The number of aromatic amines is 1. The Morgan fingerprint density at radius 1 is 0.917 bits per heavy atom. The van der Waals surface area contributed by atoms with E-state index in [1.54, 1.807) is 37.2 Å². The number of nitrogens with zero attached hydrogens (tertiary/aromatic N) is 3. The molecule has 5 nitrogen and oxygen atoms in total. The van der Waals surface area contributed by atoms with Crippen molar-refractivity contribution in [2.45, 2.75) is 0 Å². The van der Waals surface area contributed by atoms with Gasteiger partial charge in [-0.1, -0.05) is 0 Å². The molecular formula is C7H11N5. The van der Waals surface area contributed by atoms with E-state index in [0.717, 1.165) is 0 Å². The van der Waals surface area contributed by atoms with Crippen LogP contribution in [0.25, 0.3) is 0 Å². The molecule has 0 spiro atoms. The van der Waals surface area contributed by atoms with Gasteiger partial charge in [0.25, 0.3) is 0 Å². The number of hydrogen-bond acceptors (Lipinski definition) is 4. The fourth-order valence-corrected chi connectivity index (χ4v) is 0.469. The highest BCUT2D eigenvalue weighted by atomic mass is 14.8. The van der Waals surface area contributed by atoms with Crippen LogP contribution in [-0.2, 0) is 0 Å². The predicted octanol–water partition coefficient (Wildman–Crippen LogP) is 1.05. The van der Waals surface area contributed by atoms with Crippen molar-refractivity contribution in [2.75, 3.05) is 0 Å². The quantitative estimate of drug-likeness (QED) is 0.610. The van der Waals surface area contributed by atoms with Crippen molar-refractivity contribution >= 4 is 0 Å². The number of imidazole rings is 1. The number of rotatable bonds is 0. The van der Waals surface area contributed by atoms with Crippen LogP contribution in [-0.4, -0.2) is 19.9 Å². The minimum absolute atomic E-state index is 0. The first kappa shape index (κ1) is 10.2. The Kier molecular flexibility index (Phi) is 6.29. The molecule has 2 rings (SSSR count). The molecule has 0 amide bonds. The zero-order valence-electron chi connectivity index (χ0n) is 6.59. The second kappa shape index (κ2) is 7.36. The molecular weight excluding hydrogens is 154 g/mol. The molecule has 0 bridgehead atoms. The van der Waals surface area contributed by atoms with Gasteiger partial charge in [-0.25, -0.2) is 15.0 Å². The maximum atomic E-state index is 3.67. The first-order valence-corrected chi connectivity index (χ1v) is 3.13. The molecule has 0 fully saturated rings. The van der Waals surface area contributed by atoms with Gasteiger partial charge in [0.2, 0.25) is 0 Å². The van der Waals surface area contributed by atoms with Crippen molar-refractivity contribution < 1.29 is 0 Å². The zero-order chi connectivity index (χ0) is 7.78. The third-order valence-electron chi connectivity index (χ3n) is 0.883. The standard InChI is InChI=1S/C4H4N2.C3H4N2.H3N/c1-2-5-4-6-3-1;1-2-5-3-4-1;/h1-4H;1-3H,(H,4,5);1H3. The first-order chi connectivity index (χ1) is 5.50. The molecule has 2 heterocycles. The van der Waals surface area contributed by atoms with Gasteiger partial charge in [-0.05, 0) is 6.07 Å². The van der Waals surface area contributed by atoms with Gasteiger partial charge in [-0.2, -0.15) is 0 Å². The van der Waals surface area contributed by atoms with E-state index in [2.05, 4.69) is 19.9 Å². The molecule has 12 heavy (non-hydrogen) atoms. The second-order valence-corrected chi connectivity index (χ2v) is 1.66. The lowest BCUT2D eigenvalue weighted by Crippen LogP contribution is -1.66. The molecule has 0 aromatic carbocycles. The van der Waals surface area contributed by atoms with Crippen LogP contribution in [0.5, 0.6) is 0 Å². The van der Waals surface area contributed by atoms with Crippen LogP contribution >= 0.6 is 0 Å². The molecule has 4 N–H and O–H groups in total. The average molecular weight is 165 g/mol. The summed E-state index contributed by atoms with van der Waals surface area (Å²) < 4.78 is 0. The Hall–Kier alpha value is -1.75. The number of nitrogens with one attached hydrogen (secondary N) is 1. The van der Waals surface area contributed by atoms with Crippen molar-refractivity contribution in [1.82, 2.24) is 26.1 Å². The second-order valence-electron chi connectivity index (χ2n) is 1.66. The van der Waals surface area contributed by atoms with Gasteiger partial charge in [-0.15, -0.1) is 0 Å². The van der Waals surface area contributed by atoms with E-state index in [0.29, 0.717) is 0 Å². The maximum Gasteiger partial charge on any atom is 0.115 e. The van der Waals surface area contributed by atoms with Gasteiger partial charge in [-0.3, -0.25) is 0 Å². The summed E-state index contributed by atoms with van der Waals surface area (Å²) in [6.07, 6.45) is 9.96. The zero-order valence-corrected chi connectivity index (χ0v) is 6.59. The highest BCUT2D eigenvalue weighted by Gasteiger charge is 1.59. The largest absolute Gasteiger partial charge is 0.351 e. The summed E-state index contributed by atoms with van der Waals surface area (Å²) in [6.45, 7) is 0. The van der Waals surface area contributed by atoms with E-state index in [-0.39, 0.29) is 6.15 Å². The van der Waals surface area contributed by atoms with Crippen LogP contribution < -0.4 is 6.15 Å². The van der Waals surface area contributed by atoms with Gasteiger partial charge in [0.1, 0.15) is 6.33 Å². The minimum Gasteiger partial charge on any atom is -0.351 e. The van der Waals surface area contributed by atoms with Crippen molar-refractivity contribution in [3.05, 3.63) is 43.5 Å². The summed E-state index contributed by atoms with van der Waals surface area (Å²) >= 11 is 0. The summed E-state index contributed by atoms with van der Waals surface area (Å²) in [5, 5.41) is 0. The third kappa shape index (κ3) is 5.07. The molecule has 0 saturated carbocycles. The van der Waals surface area contributed by atoms with E-state index in [1.807, 2.05) is 0 Å². The lowest BCUT2D eigenvalue weighted by molar-refractivity contribution is 1.17. The monoisotopic (exact) mass is 165 g/mol. The molecule has 0 aliphatic rings. The lowest BCUT2D eigenvalue weighted by Gasteiger charge is -1.70. The SMILES string of the molecule is N.c1c[nH]cn1.c1cncnc1. The lowest BCUT2D eigenvalue weighted by atomic mass is 10.7. The maximum absolute atomic E-state index is 3.67. The van der Waals surface area contributed by atoms with Crippen LogP contribution in [0.4, 0.5) is 0 Å². The average Bonchev–Trinajstić information content (AvgIpc) is 2.64. The minimum atomic E-state index is 0. The van der Waals surface area contributed by atoms with Crippen molar-refractivity contribution in [3.63, 3.8) is 0 Å². The Balaban J connectivity index is 0.000000189. The van der Waals surface area contributed by atoms with Gasteiger partial charge < -0.3 is 11.1 Å². The van der Waals surface area contributed by atoms with Crippen molar-refractivity contribution in [1.29, 1.82) is 0 Å². The van der Waals surface area contributed by atoms with E-state index in [1.165, 1.54) is 6.33 Å². The van der Waals surface area contributed by atoms with Crippen LogP contribution in [0.2, 0.25) is 0 Å². The van der Waals surface area contributed by atoms with Gasteiger partial charge >= 0.3 is 0 Å². The molecule has 0 saturated heterocycles. The van der Waals surface area contributed by atoms with Gasteiger partial charge in [0.15, 0.2) is 0 Å². The first-order valence-electron chi connectivity index (χ1n) is 3.13. The Morgan fingerprint density at radius 3 is 1.83 bits per heavy atom. The van der Waals surface area contributed by atoms with Crippen molar-refractivity contribution in [2.24, 2.45) is 0 Å². The van der Waals surface area contributed by atoms with E-state index >= 15 is 0 Å². The molecule has 0 aliphatic heterocycles. The summed E-state index contributed by atoms with van der Waals surface area (Å²) in [5.41, 5.74) is 0. The van der Waals surface area contributed by atoms with Gasteiger partial charge in [0.05, 0.1) is 6.33 Å². The predicted molar refractivity (Wildman–Crippen MR) is 45.6 cm³/mol. The molecule has 0 unspecified atom stereocenters. The fraction of sp³-hybridized carbons (Fsp3) is 0. The molecule has 0 aliphatic carbocycles. The Morgan fingerprint density at radius 2 is 1.67 bits per heavy atom. The number of hydrogen-bond donors (Lipinski definition) is 2. The normalized spacial score (nSPS) is 7.33. The van der Waals surface area contributed by atoms with Crippen LogP contribution in [0.1, 0.15) is 0 Å².